The van der Waals surface area contributed by atoms with Crippen LogP contribution in [-0.4, -0.2) is 11.4 Å². The van der Waals surface area contributed by atoms with Crippen LogP contribution in [0, 0.1) is 0 Å². The highest BCUT2D eigenvalue weighted by Gasteiger charge is 2.09. The Morgan fingerprint density at radius 2 is 1.65 bits per heavy atom. The van der Waals surface area contributed by atoms with Crippen LogP contribution in [0.15, 0.2) is 72.8 Å². The lowest BCUT2D eigenvalue weighted by Crippen LogP contribution is -1.97. The number of carbonyl (C=O) groups is 1. The summed E-state index contributed by atoms with van der Waals surface area (Å²) in [5.41, 5.74) is 3.06. The zero-order chi connectivity index (χ0) is 16.1. The lowest BCUT2D eigenvalue weighted by molar-refractivity contribution is 0.112. The van der Waals surface area contributed by atoms with E-state index in [1.165, 1.54) is 6.07 Å². The molecule has 0 aromatic heterocycles. The van der Waals surface area contributed by atoms with Gasteiger partial charge in [0.25, 0.3) is 0 Å². The number of para-hydroxylation sites is 1. The minimum atomic E-state index is -0.0218. The first kappa shape index (κ1) is 14.9. The number of ether oxygens (including phenoxy) is 1. The van der Waals surface area contributed by atoms with Crippen molar-refractivity contribution in [3.05, 3.63) is 83.9 Å². The summed E-state index contributed by atoms with van der Waals surface area (Å²) in [6.45, 7) is 0.469. The number of aromatic hydroxyl groups is 1. The largest absolute Gasteiger partial charge is 0.507 e. The molecule has 0 bridgehead atoms. The molecule has 0 atom stereocenters. The van der Waals surface area contributed by atoms with Gasteiger partial charge in [-0.25, -0.2) is 0 Å². The van der Waals surface area contributed by atoms with Gasteiger partial charge in [0.05, 0.1) is 5.56 Å². The highest BCUT2D eigenvalue weighted by Crippen LogP contribution is 2.32. The van der Waals surface area contributed by atoms with E-state index >= 15 is 0 Å². The van der Waals surface area contributed by atoms with Crippen LogP contribution in [0.4, 0.5) is 0 Å². The van der Waals surface area contributed by atoms with Gasteiger partial charge in [-0.2, -0.15) is 0 Å². The summed E-state index contributed by atoms with van der Waals surface area (Å²) in [7, 11) is 0. The van der Waals surface area contributed by atoms with Crippen LogP contribution in [0.25, 0.3) is 11.1 Å². The van der Waals surface area contributed by atoms with Crippen molar-refractivity contribution in [2.75, 3.05) is 0 Å². The van der Waals surface area contributed by atoms with Crippen LogP contribution in [0.2, 0.25) is 0 Å². The maximum absolute atomic E-state index is 11.0. The fourth-order valence-electron chi connectivity index (χ4n) is 2.38. The van der Waals surface area contributed by atoms with Gasteiger partial charge in [-0.15, -0.1) is 0 Å². The van der Waals surface area contributed by atoms with E-state index in [4.69, 9.17) is 4.74 Å². The highest BCUT2D eigenvalue weighted by molar-refractivity contribution is 5.83. The first-order valence-electron chi connectivity index (χ1n) is 7.32. The summed E-state index contributed by atoms with van der Waals surface area (Å²) >= 11 is 0. The smallest absolute Gasteiger partial charge is 0.153 e. The molecular formula is C20H16O3. The Labute approximate surface area is 134 Å². The summed E-state index contributed by atoms with van der Waals surface area (Å²) in [6, 6.07) is 22.5. The molecule has 3 aromatic carbocycles. The van der Waals surface area contributed by atoms with Crippen molar-refractivity contribution in [2.24, 2.45) is 0 Å². The molecule has 114 valence electrons. The fourth-order valence-corrected chi connectivity index (χ4v) is 2.38. The molecule has 0 amide bonds. The first-order chi connectivity index (χ1) is 11.3. The van der Waals surface area contributed by atoms with Crippen molar-refractivity contribution < 1.29 is 14.6 Å². The average Bonchev–Trinajstić information content (AvgIpc) is 2.61. The van der Waals surface area contributed by atoms with Gasteiger partial charge in [-0.1, -0.05) is 54.6 Å². The molecule has 3 rings (SSSR count). The number of phenols is 1. The zero-order valence-corrected chi connectivity index (χ0v) is 12.5. The Bertz CT molecular complexity index is 810. The van der Waals surface area contributed by atoms with Crippen molar-refractivity contribution in [2.45, 2.75) is 6.61 Å². The van der Waals surface area contributed by atoms with E-state index in [9.17, 15) is 9.90 Å². The number of benzene rings is 3. The van der Waals surface area contributed by atoms with Crippen LogP contribution in [0.1, 0.15) is 15.9 Å². The molecule has 23 heavy (non-hydrogen) atoms. The van der Waals surface area contributed by atoms with Gasteiger partial charge in [0.2, 0.25) is 0 Å². The molecule has 0 heterocycles. The predicted molar refractivity (Wildman–Crippen MR) is 89.7 cm³/mol. The first-order valence-corrected chi connectivity index (χ1v) is 7.32. The van der Waals surface area contributed by atoms with E-state index in [0.717, 1.165) is 22.4 Å². The second-order valence-corrected chi connectivity index (χ2v) is 5.16. The van der Waals surface area contributed by atoms with Crippen molar-refractivity contribution in [3.8, 4) is 22.6 Å². The van der Waals surface area contributed by atoms with E-state index in [1.807, 2.05) is 54.6 Å². The maximum atomic E-state index is 11.0. The molecule has 0 saturated carbocycles. The number of hydrogen-bond acceptors (Lipinski definition) is 3. The summed E-state index contributed by atoms with van der Waals surface area (Å²) < 4.78 is 5.93. The van der Waals surface area contributed by atoms with Crippen LogP contribution >= 0.6 is 0 Å². The maximum Gasteiger partial charge on any atom is 0.153 e. The molecule has 0 unspecified atom stereocenters. The molecule has 3 nitrogen and oxygen atoms in total. The Morgan fingerprint density at radius 1 is 0.913 bits per heavy atom. The van der Waals surface area contributed by atoms with Crippen LogP contribution < -0.4 is 4.74 Å². The second kappa shape index (κ2) is 6.79. The standard InChI is InChI=1S/C20H16O3/c21-13-17-12-16(10-11-19(17)22)18-8-4-5-9-20(18)23-14-15-6-2-1-3-7-15/h1-13,22H,14H2. The summed E-state index contributed by atoms with van der Waals surface area (Å²) in [5, 5.41) is 9.64. The molecule has 3 heteroatoms. The molecule has 0 radical (unpaired) electrons. The van der Waals surface area contributed by atoms with Gasteiger partial charge < -0.3 is 9.84 Å². The van der Waals surface area contributed by atoms with Crippen molar-refractivity contribution in [3.63, 3.8) is 0 Å². The van der Waals surface area contributed by atoms with Gasteiger partial charge in [0.1, 0.15) is 18.1 Å². The third-order valence-corrected chi connectivity index (χ3v) is 3.59. The Morgan fingerprint density at radius 3 is 2.43 bits per heavy atom. The van der Waals surface area contributed by atoms with Crippen LogP contribution in [0.5, 0.6) is 11.5 Å². The molecule has 0 aliphatic carbocycles. The molecule has 3 aromatic rings. The average molecular weight is 304 g/mol. The molecule has 1 N–H and O–H groups in total. The zero-order valence-electron chi connectivity index (χ0n) is 12.5. The summed E-state index contributed by atoms with van der Waals surface area (Å²) in [5.74, 6) is 0.713. The van der Waals surface area contributed by atoms with Gasteiger partial charge in [-0.3, -0.25) is 4.79 Å². The Hall–Kier alpha value is -3.07. The number of carbonyl (C=O) groups excluding carboxylic acids is 1. The summed E-state index contributed by atoms with van der Waals surface area (Å²) in [6.07, 6.45) is 0.645. The fraction of sp³-hybridized carbons (Fsp3) is 0.0500. The van der Waals surface area contributed by atoms with E-state index in [0.29, 0.717) is 12.9 Å². The third-order valence-electron chi connectivity index (χ3n) is 3.59. The van der Waals surface area contributed by atoms with Gasteiger partial charge in [0.15, 0.2) is 6.29 Å². The highest BCUT2D eigenvalue weighted by atomic mass is 16.5. The van der Waals surface area contributed by atoms with E-state index in [1.54, 1.807) is 12.1 Å². The van der Waals surface area contributed by atoms with E-state index in [2.05, 4.69) is 0 Å². The van der Waals surface area contributed by atoms with E-state index in [-0.39, 0.29) is 11.3 Å². The lowest BCUT2D eigenvalue weighted by atomic mass is 10.0. The monoisotopic (exact) mass is 304 g/mol. The number of phenolic OH excluding ortho intramolecular Hbond substituents is 1. The SMILES string of the molecule is O=Cc1cc(-c2ccccc2OCc2ccccc2)ccc1O. The molecule has 0 saturated heterocycles. The second-order valence-electron chi connectivity index (χ2n) is 5.16. The van der Waals surface area contributed by atoms with Gasteiger partial charge >= 0.3 is 0 Å². The molecule has 0 spiro atoms. The summed E-state index contributed by atoms with van der Waals surface area (Å²) in [4.78, 5) is 11.0. The minimum Gasteiger partial charge on any atom is -0.507 e. The number of aldehydes is 1. The van der Waals surface area contributed by atoms with E-state index < -0.39 is 0 Å². The van der Waals surface area contributed by atoms with Gasteiger partial charge in [0, 0.05) is 5.56 Å². The third kappa shape index (κ3) is 3.40. The van der Waals surface area contributed by atoms with Crippen molar-refractivity contribution >= 4 is 6.29 Å². The lowest BCUT2D eigenvalue weighted by Gasteiger charge is -2.12. The predicted octanol–water partition coefficient (Wildman–Crippen LogP) is 4.45. The molecular weight excluding hydrogens is 288 g/mol. The number of rotatable bonds is 5. The van der Waals surface area contributed by atoms with Crippen molar-refractivity contribution in [1.29, 1.82) is 0 Å². The minimum absolute atomic E-state index is 0.0218. The Balaban J connectivity index is 1.90. The van der Waals surface area contributed by atoms with Gasteiger partial charge in [-0.05, 0) is 29.3 Å². The molecule has 0 aliphatic heterocycles. The van der Waals surface area contributed by atoms with Crippen molar-refractivity contribution in [1.82, 2.24) is 0 Å². The normalized spacial score (nSPS) is 10.3. The molecule has 0 fully saturated rings. The van der Waals surface area contributed by atoms with Crippen LogP contribution in [-0.2, 0) is 6.61 Å². The topological polar surface area (TPSA) is 46.5 Å². The number of hydrogen-bond donors (Lipinski definition) is 1. The Kier molecular flexibility index (Phi) is 4.39. The molecule has 0 aliphatic rings. The van der Waals surface area contributed by atoms with Crippen LogP contribution in [0.3, 0.4) is 0 Å². The quantitative estimate of drug-likeness (QED) is 0.708.